The summed E-state index contributed by atoms with van der Waals surface area (Å²) in [5, 5.41) is 20.5. The van der Waals surface area contributed by atoms with Crippen LogP contribution in [-0.2, 0) is 5.60 Å². The van der Waals surface area contributed by atoms with Gasteiger partial charge < -0.3 is 14.9 Å². The molecule has 0 fully saturated rings. The predicted octanol–water partition coefficient (Wildman–Crippen LogP) is 3.32. The molecule has 0 unspecified atom stereocenters. The van der Waals surface area contributed by atoms with E-state index in [0.717, 1.165) is 27.8 Å². The monoisotopic (exact) mass is 318 g/mol. The highest BCUT2D eigenvalue weighted by Gasteiger charge is 2.42. The predicted molar refractivity (Wildman–Crippen MR) is 93.0 cm³/mol. The largest absolute Gasteiger partial charge is 0.491 e. The molecule has 4 rings (SSSR count). The highest BCUT2D eigenvalue weighted by molar-refractivity contribution is 5.82. The molecule has 0 saturated heterocycles. The molecule has 0 spiro atoms. The van der Waals surface area contributed by atoms with Gasteiger partial charge in [0.2, 0.25) is 0 Å². The Morgan fingerprint density at radius 1 is 0.750 bits per heavy atom. The number of ether oxygens (including phenoxy) is 1. The molecule has 3 nitrogen and oxygen atoms in total. The minimum absolute atomic E-state index is 0.0214. The second kappa shape index (κ2) is 5.78. The smallest absolute Gasteiger partial charge is 0.141 e. The number of aliphatic hydroxyl groups excluding tert-OH is 1. The summed E-state index contributed by atoms with van der Waals surface area (Å²) in [5.41, 5.74) is 3.57. The van der Waals surface area contributed by atoms with Crippen molar-refractivity contribution >= 4 is 0 Å². The Labute approximate surface area is 140 Å². The summed E-state index contributed by atoms with van der Waals surface area (Å²) in [5.74, 6) is 0.677. The first kappa shape index (κ1) is 14.9. The quantitative estimate of drug-likeness (QED) is 0.776. The van der Waals surface area contributed by atoms with Crippen LogP contribution in [0.25, 0.3) is 11.1 Å². The lowest BCUT2D eigenvalue weighted by atomic mass is 9.84. The first-order valence-electron chi connectivity index (χ1n) is 8.01. The van der Waals surface area contributed by atoms with E-state index in [4.69, 9.17) is 9.84 Å². The summed E-state index contributed by atoms with van der Waals surface area (Å²) >= 11 is 0. The molecule has 1 aliphatic carbocycles. The van der Waals surface area contributed by atoms with E-state index in [0.29, 0.717) is 5.75 Å². The maximum Gasteiger partial charge on any atom is 0.141 e. The van der Waals surface area contributed by atoms with Crippen LogP contribution >= 0.6 is 0 Å². The van der Waals surface area contributed by atoms with Crippen LogP contribution in [0.2, 0.25) is 0 Å². The van der Waals surface area contributed by atoms with Crippen LogP contribution in [0.1, 0.15) is 16.7 Å². The van der Waals surface area contributed by atoms with Gasteiger partial charge in [0, 0.05) is 11.1 Å². The van der Waals surface area contributed by atoms with E-state index in [9.17, 15) is 5.11 Å². The van der Waals surface area contributed by atoms with Crippen molar-refractivity contribution in [3.63, 3.8) is 0 Å². The van der Waals surface area contributed by atoms with Crippen molar-refractivity contribution in [2.45, 2.75) is 5.60 Å². The van der Waals surface area contributed by atoms with Crippen molar-refractivity contribution < 1.29 is 14.9 Å². The molecule has 120 valence electrons. The van der Waals surface area contributed by atoms with Gasteiger partial charge in [0.05, 0.1) is 6.61 Å². The Kier molecular flexibility index (Phi) is 3.60. The van der Waals surface area contributed by atoms with E-state index >= 15 is 0 Å². The maximum atomic E-state index is 11.7. The van der Waals surface area contributed by atoms with Crippen molar-refractivity contribution in [3.05, 3.63) is 89.5 Å². The highest BCUT2D eigenvalue weighted by Crippen LogP contribution is 2.50. The number of hydrogen-bond acceptors (Lipinski definition) is 3. The fourth-order valence-electron chi connectivity index (χ4n) is 3.48. The lowest BCUT2D eigenvalue weighted by Crippen LogP contribution is -2.26. The van der Waals surface area contributed by atoms with Crippen molar-refractivity contribution in [2.24, 2.45) is 0 Å². The molecule has 0 saturated carbocycles. The molecule has 0 radical (unpaired) electrons. The molecule has 0 amide bonds. The van der Waals surface area contributed by atoms with Crippen molar-refractivity contribution in [2.75, 3.05) is 13.2 Å². The van der Waals surface area contributed by atoms with Crippen LogP contribution in [0.15, 0.2) is 72.8 Å². The summed E-state index contributed by atoms with van der Waals surface area (Å²) in [6.45, 7) is 0.238. The molecule has 0 heterocycles. The van der Waals surface area contributed by atoms with Crippen LogP contribution in [-0.4, -0.2) is 23.4 Å². The van der Waals surface area contributed by atoms with Gasteiger partial charge in [-0.25, -0.2) is 0 Å². The fourth-order valence-corrected chi connectivity index (χ4v) is 3.48. The van der Waals surface area contributed by atoms with Crippen molar-refractivity contribution in [1.29, 1.82) is 0 Å². The molecule has 0 bridgehead atoms. The highest BCUT2D eigenvalue weighted by atomic mass is 16.5. The molecule has 3 aromatic carbocycles. The first-order valence-corrected chi connectivity index (χ1v) is 8.01. The SMILES string of the molecule is OCCOc1ccc(C2(O)c3ccccc3-c3ccccc32)cc1. The van der Waals surface area contributed by atoms with Gasteiger partial charge in [0.25, 0.3) is 0 Å². The molecular formula is C21H18O3. The van der Waals surface area contributed by atoms with Crippen LogP contribution in [0.5, 0.6) is 5.75 Å². The van der Waals surface area contributed by atoms with Gasteiger partial charge in [-0.15, -0.1) is 0 Å². The number of hydrogen-bond donors (Lipinski definition) is 2. The van der Waals surface area contributed by atoms with E-state index in [2.05, 4.69) is 0 Å². The summed E-state index contributed by atoms with van der Waals surface area (Å²) in [6.07, 6.45) is 0. The zero-order chi connectivity index (χ0) is 16.6. The van der Waals surface area contributed by atoms with Gasteiger partial charge in [-0.1, -0.05) is 60.7 Å². The molecule has 24 heavy (non-hydrogen) atoms. The summed E-state index contributed by atoms with van der Waals surface area (Å²) < 4.78 is 5.41. The van der Waals surface area contributed by atoms with Gasteiger partial charge in [-0.3, -0.25) is 0 Å². The molecule has 0 atom stereocenters. The van der Waals surface area contributed by atoms with E-state index < -0.39 is 5.60 Å². The molecule has 0 aliphatic heterocycles. The molecular weight excluding hydrogens is 300 g/mol. The lowest BCUT2D eigenvalue weighted by molar-refractivity contribution is 0.130. The van der Waals surface area contributed by atoms with Crippen LogP contribution in [0.4, 0.5) is 0 Å². The lowest BCUT2D eigenvalue weighted by Gasteiger charge is -2.26. The van der Waals surface area contributed by atoms with E-state index in [1.165, 1.54) is 0 Å². The molecule has 0 aromatic heterocycles. The van der Waals surface area contributed by atoms with Gasteiger partial charge in [-0.2, -0.15) is 0 Å². The third-order valence-corrected chi connectivity index (χ3v) is 4.56. The maximum absolute atomic E-state index is 11.7. The Morgan fingerprint density at radius 2 is 1.29 bits per heavy atom. The molecule has 2 N–H and O–H groups in total. The van der Waals surface area contributed by atoms with E-state index in [1.807, 2.05) is 72.8 Å². The summed E-state index contributed by atoms with van der Waals surface area (Å²) in [4.78, 5) is 0. The second-order valence-corrected chi connectivity index (χ2v) is 5.90. The van der Waals surface area contributed by atoms with Crippen LogP contribution in [0.3, 0.4) is 0 Å². The summed E-state index contributed by atoms with van der Waals surface area (Å²) in [7, 11) is 0. The Morgan fingerprint density at radius 3 is 1.83 bits per heavy atom. The Balaban J connectivity index is 1.84. The normalized spacial score (nSPS) is 14.1. The van der Waals surface area contributed by atoms with Crippen LogP contribution in [0, 0.1) is 0 Å². The van der Waals surface area contributed by atoms with Gasteiger partial charge in [0.1, 0.15) is 18.0 Å². The fraction of sp³-hybridized carbons (Fsp3) is 0.143. The average molecular weight is 318 g/mol. The minimum atomic E-state index is -1.16. The third-order valence-electron chi connectivity index (χ3n) is 4.56. The van der Waals surface area contributed by atoms with Gasteiger partial charge in [0.15, 0.2) is 0 Å². The number of aliphatic hydroxyl groups is 2. The molecule has 1 aliphatic rings. The number of rotatable bonds is 4. The Bertz CT molecular complexity index is 823. The Hall–Kier alpha value is -2.62. The van der Waals surface area contributed by atoms with Crippen LogP contribution < -0.4 is 4.74 Å². The topological polar surface area (TPSA) is 49.7 Å². The molecule has 3 aromatic rings. The van der Waals surface area contributed by atoms with E-state index in [1.54, 1.807) is 0 Å². The molecule has 3 heteroatoms. The van der Waals surface area contributed by atoms with E-state index in [-0.39, 0.29) is 13.2 Å². The zero-order valence-electron chi connectivity index (χ0n) is 13.1. The average Bonchev–Trinajstić information content (AvgIpc) is 2.91. The zero-order valence-corrected chi connectivity index (χ0v) is 13.1. The number of benzene rings is 3. The van der Waals surface area contributed by atoms with Gasteiger partial charge >= 0.3 is 0 Å². The third kappa shape index (κ3) is 2.13. The van der Waals surface area contributed by atoms with Gasteiger partial charge in [-0.05, 0) is 28.8 Å². The van der Waals surface area contributed by atoms with Crippen molar-refractivity contribution in [3.8, 4) is 16.9 Å². The first-order chi connectivity index (χ1) is 11.7. The standard InChI is InChI=1S/C21H18O3/c22-13-14-24-16-11-9-15(10-12-16)21(23)19-7-3-1-5-17(19)18-6-2-4-8-20(18)21/h1-12,22-23H,13-14H2. The second-order valence-electron chi connectivity index (χ2n) is 5.90. The van der Waals surface area contributed by atoms with Crippen molar-refractivity contribution in [1.82, 2.24) is 0 Å². The summed E-state index contributed by atoms with van der Waals surface area (Å²) in [6, 6.07) is 23.4. The minimum Gasteiger partial charge on any atom is -0.491 e. The number of fused-ring (bicyclic) bond motifs is 3.